The summed E-state index contributed by atoms with van der Waals surface area (Å²) in [7, 11) is -3.34. The molecule has 1 aliphatic rings. The molecule has 0 spiro atoms. The molecule has 2 heterocycles. The Labute approximate surface area is 226 Å². The van der Waals surface area contributed by atoms with Crippen LogP contribution in [0.25, 0.3) is 10.2 Å². The highest BCUT2D eigenvalue weighted by atomic mass is 32.2. The van der Waals surface area contributed by atoms with Crippen molar-refractivity contribution in [1.29, 1.82) is 0 Å². The van der Waals surface area contributed by atoms with Gasteiger partial charge in [0.1, 0.15) is 11.3 Å². The van der Waals surface area contributed by atoms with E-state index in [4.69, 9.17) is 5.73 Å². The number of aromatic hydroxyl groups is 1. The lowest BCUT2D eigenvalue weighted by atomic mass is 9.92. The minimum absolute atomic E-state index is 0.0486. The van der Waals surface area contributed by atoms with Crippen LogP contribution in [0.5, 0.6) is 5.75 Å². The number of phenols is 1. The standard InChI is InChI=1S/C27H31N5O4S2/c1-2-38(35,36)32-14-11-19(12-15-32)6-3-10-25(34)30-22-9-4-8-21(18-22)29-13-5-7-20-16-23(33)26-24(17-20)37-27(28)31-26/h2,4,8-9,16-19,29,33H,1,3,6,10-15H2,(H2,28,31)(H,30,34). The van der Waals surface area contributed by atoms with Gasteiger partial charge in [0.2, 0.25) is 15.9 Å². The summed E-state index contributed by atoms with van der Waals surface area (Å²) in [5.41, 5.74) is 8.40. The summed E-state index contributed by atoms with van der Waals surface area (Å²) in [6.07, 6.45) is 3.68. The number of nitrogens with zero attached hydrogens (tertiary/aromatic N) is 2. The van der Waals surface area contributed by atoms with E-state index < -0.39 is 10.0 Å². The number of hydrogen-bond donors (Lipinski definition) is 4. The van der Waals surface area contributed by atoms with Crippen LogP contribution in [0.3, 0.4) is 0 Å². The normalized spacial score (nSPS) is 14.5. The highest BCUT2D eigenvalue weighted by Crippen LogP contribution is 2.31. The number of nitrogen functional groups attached to an aromatic ring is 1. The van der Waals surface area contributed by atoms with Gasteiger partial charge in [0, 0.05) is 41.9 Å². The molecular weight excluding hydrogens is 522 g/mol. The molecule has 1 aromatic heterocycles. The molecule has 0 saturated carbocycles. The number of benzene rings is 2. The summed E-state index contributed by atoms with van der Waals surface area (Å²) < 4.78 is 26.0. The molecule has 4 rings (SSSR count). The Bertz CT molecular complexity index is 1480. The lowest BCUT2D eigenvalue weighted by Crippen LogP contribution is -2.37. The van der Waals surface area contributed by atoms with Crippen molar-refractivity contribution in [2.45, 2.75) is 32.1 Å². The maximum absolute atomic E-state index is 12.4. The Morgan fingerprint density at radius 1 is 1.26 bits per heavy atom. The molecule has 0 bridgehead atoms. The average Bonchev–Trinajstić information content (AvgIpc) is 3.28. The zero-order chi connectivity index (χ0) is 27.1. The number of carbonyl (C=O) groups excluding carboxylic acids is 1. The zero-order valence-corrected chi connectivity index (χ0v) is 22.6. The number of sulfonamides is 1. The number of fused-ring (bicyclic) bond motifs is 1. The maximum Gasteiger partial charge on any atom is 0.235 e. The first-order valence-corrected chi connectivity index (χ1v) is 14.7. The summed E-state index contributed by atoms with van der Waals surface area (Å²) in [6, 6.07) is 10.9. The van der Waals surface area contributed by atoms with Gasteiger partial charge < -0.3 is 21.5 Å². The number of thiazole rings is 1. The molecule has 0 aliphatic carbocycles. The van der Waals surface area contributed by atoms with Crippen LogP contribution in [0, 0.1) is 17.8 Å². The number of phenolic OH excluding ortho intramolecular Hbond substituents is 1. The lowest BCUT2D eigenvalue weighted by molar-refractivity contribution is -0.116. The minimum atomic E-state index is -3.34. The number of anilines is 3. The van der Waals surface area contributed by atoms with Gasteiger partial charge >= 0.3 is 0 Å². The molecule has 9 nitrogen and oxygen atoms in total. The second-order valence-electron chi connectivity index (χ2n) is 9.12. The highest BCUT2D eigenvalue weighted by Gasteiger charge is 2.25. The van der Waals surface area contributed by atoms with Crippen LogP contribution in [-0.4, -0.2) is 48.4 Å². The van der Waals surface area contributed by atoms with E-state index in [9.17, 15) is 18.3 Å². The van der Waals surface area contributed by atoms with E-state index in [0.717, 1.165) is 41.5 Å². The molecule has 38 heavy (non-hydrogen) atoms. The van der Waals surface area contributed by atoms with Crippen molar-refractivity contribution in [1.82, 2.24) is 9.29 Å². The largest absolute Gasteiger partial charge is 0.506 e. The smallest absolute Gasteiger partial charge is 0.235 e. The predicted molar refractivity (Wildman–Crippen MR) is 153 cm³/mol. The lowest BCUT2D eigenvalue weighted by Gasteiger charge is -2.30. The van der Waals surface area contributed by atoms with Crippen LogP contribution < -0.4 is 16.4 Å². The van der Waals surface area contributed by atoms with Crippen molar-refractivity contribution in [3.05, 3.63) is 53.9 Å². The number of carbonyl (C=O) groups is 1. The van der Waals surface area contributed by atoms with Crippen molar-refractivity contribution in [2.24, 2.45) is 5.92 Å². The fourth-order valence-corrected chi connectivity index (χ4v) is 6.16. The van der Waals surface area contributed by atoms with Gasteiger partial charge in [-0.1, -0.05) is 35.8 Å². The van der Waals surface area contributed by atoms with Gasteiger partial charge in [0.15, 0.2) is 5.13 Å². The van der Waals surface area contributed by atoms with E-state index >= 15 is 0 Å². The number of amides is 1. The SMILES string of the molecule is C=CS(=O)(=O)N1CCC(CCCC(=O)Nc2cccc(NCC#Cc3cc(O)c4nc(N)sc4c3)c2)CC1. The van der Waals surface area contributed by atoms with Crippen LogP contribution >= 0.6 is 11.3 Å². The molecule has 3 aromatic rings. The van der Waals surface area contributed by atoms with Crippen molar-refractivity contribution in [3.63, 3.8) is 0 Å². The molecule has 2 aromatic carbocycles. The first-order valence-electron chi connectivity index (χ1n) is 12.4. The van der Waals surface area contributed by atoms with Crippen molar-refractivity contribution in [2.75, 3.05) is 36.0 Å². The van der Waals surface area contributed by atoms with Gasteiger partial charge in [-0.3, -0.25) is 4.79 Å². The summed E-state index contributed by atoms with van der Waals surface area (Å²) in [6.45, 7) is 4.78. The number of nitrogens with one attached hydrogen (secondary N) is 2. The van der Waals surface area contributed by atoms with Crippen LogP contribution in [0.15, 0.2) is 48.4 Å². The topological polar surface area (TPSA) is 138 Å². The summed E-state index contributed by atoms with van der Waals surface area (Å²) >= 11 is 1.30. The van der Waals surface area contributed by atoms with E-state index in [1.807, 2.05) is 30.3 Å². The van der Waals surface area contributed by atoms with E-state index in [2.05, 4.69) is 34.0 Å². The third-order valence-corrected chi connectivity index (χ3v) is 8.75. The van der Waals surface area contributed by atoms with E-state index in [1.165, 1.54) is 15.6 Å². The Morgan fingerprint density at radius 3 is 2.79 bits per heavy atom. The molecule has 1 aliphatic heterocycles. The summed E-state index contributed by atoms with van der Waals surface area (Å²) in [5, 5.41) is 17.7. The van der Waals surface area contributed by atoms with Crippen LogP contribution in [0.2, 0.25) is 0 Å². The fourth-order valence-electron chi connectivity index (χ4n) is 4.43. The molecule has 1 saturated heterocycles. The third-order valence-electron chi connectivity index (χ3n) is 6.41. The van der Waals surface area contributed by atoms with E-state index in [1.54, 1.807) is 6.07 Å². The number of hydrogen-bond acceptors (Lipinski definition) is 8. The molecule has 0 radical (unpaired) electrons. The average molecular weight is 554 g/mol. The van der Waals surface area contributed by atoms with Gasteiger partial charge in [-0.2, -0.15) is 4.31 Å². The first-order chi connectivity index (χ1) is 18.2. The fraction of sp³-hybridized carbons (Fsp3) is 0.333. The second-order valence-corrected chi connectivity index (χ2v) is 12.1. The van der Waals surface area contributed by atoms with Gasteiger partial charge in [0.25, 0.3) is 0 Å². The predicted octanol–water partition coefficient (Wildman–Crippen LogP) is 4.34. The van der Waals surface area contributed by atoms with Gasteiger partial charge in [-0.25, -0.2) is 13.4 Å². The van der Waals surface area contributed by atoms with Crippen LogP contribution in [0.4, 0.5) is 16.5 Å². The Morgan fingerprint density at radius 2 is 2.03 bits per heavy atom. The molecule has 0 unspecified atom stereocenters. The molecular formula is C27H31N5O4S2. The molecule has 200 valence electrons. The second kappa shape index (κ2) is 12.3. The molecule has 0 atom stereocenters. The quantitative estimate of drug-likeness (QED) is 0.289. The minimum Gasteiger partial charge on any atom is -0.506 e. The number of aromatic nitrogens is 1. The van der Waals surface area contributed by atoms with Crippen LogP contribution in [-0.2, 0) is 14.8 Å². The van der Waals surface area contributed by atoms with Gasteiger partial charge in [0.05, 0.1) is 11.2 Å². The van der Waals surface area contributed by atoms with Gasteiger partial charge in [-0.05, 0) is 61.9 Å². The molecule has 1 fully saturated rings. The Kier molecular flexibility index (Phi) is 8.89. The van der Waals surface area contributed by atoms with Crippen molar-refractivity contribution >= 4 is 54.0 Å². The monoisotopic (exact) mass is 553 g/mol. The Hall–Kier alpha value is -3.59. The first kappa shape index (κ1) is 27.4. The Balaban J connectivity index is 1.20. The molecule has 1 amide bonds. The number of nitrogens with two attached hydrogens (primary N) is 1. The number of rotatable bonds is 9. The van der Waals surface area contributed by atoms with Crippen molar-refractivity contribution < 1.29 is 18.3 Å². The van der Waals surface area contributed by atoms with E-state index in [0.29, 0.717) is 53.9 Å². The molecule has 5 N–H and O–H groups in total. The molecule has 11 heteroatoms. The highest BCUT2D eigenvalue weighted by molar-refractivity contribution is 7.92. The van der Waals surface area contributed by atoms with Crippen LogP contribution in [0.1, 0.15) is 37.7 Å². The van der Waals surface area contributed by atoms with Crippen molar-refractivity contribution in [3.8, 4) is 17.6 Å². The summed E-state index contributed by atoms with van der Waals surface area (Å²) in [5.74, 6) is 6.50. The number of piperidine rings is 1. The van der Waals surface area contributed by atoms with Gasteiger partial charge in [-0.15, -0.1) is 0 Å². The zero-order valence-electron chi connectivity index (χ0n) is 20.9. The maximum atomic E-state index is 12.4. The van der Waals surface area contributed by atoms with E-state index in [-0.39, 0.29) is 11.7 Å². The third kappa shape index (κ3) is 7.25. The summed E-state index contributed by atoms with van der Waals surface area (Å²) in [4.78, 5) is 16.5.